The van der Waals surface area contributed by atoms with Gasteiger partial charge in [-0.1, -0.05) is 86.9 Å². The minimum absolute atomic E-state index is 0.156. The van der Waals surface area contributed by atoms with Crippen LogP contribution >= 0.6 is 46.4 Å². The lowest BCUT2D eigenvalue weighted by Crippen LogP contribution is -2.59. The Kier molecular flexibility index (Phi) is 5.27. The van der Waals surface area contributed by atoms with Gasteiger partial charge in [0.25, 0.3) is 0 Å². The van der Waals surface area contributed by atoms with E-state index in [-0.39, 0.29) is 10.8 Å². The van der Waals surface area contributed by atoms with Crippen LogP contribution in [0.15, 0.2) is 0 Å². The molecule has 1 rings (SSSR count). The number of hydrogen-bond donors (Lipinski definition) is 0. The fourth-order valence-electron chi connectivity index (χ4n) is 3.56. The minimum atomic E-state index is -1.08. The lowest BCUT2D eigenvalue weighted by atomic mass is 9.57. The fraction of sp³-hybridized carbons (Fsp3) is 1.00. The zero-order valence-electron chi connectivity index (χ0n) is 11.8. The second-order valence-corrected chi connectivity index (χ2v) is 8.64. The largest absolute Gasteiger partial charge is 0.156 e. The van der Waals surface area contributed by atoms with Crippen molar-refractivity contribution >= 4 is 46.4 Å². The fourth-order valence-corrected chi connectivity index (χ4v) is 5.32. The summed E-state index contributed by atoms with van der Waals surface area (Å²) in [6.07, 6.45) is 5.62. The van der Waals surface area contributed by atoms with Gasteiger partial charge in [-0.2, -0.15) is 0 Å². The number of alkyl halides is 4. The molecular formula is C14H24Cl4. The molecule has 0 atom stereocenters. The van der Waals surface area contributed by atoms with Gasteiger partial charge in [-0.25, -0.2) is 0 Å². The summed E-state index contributed by atoms with van der Waals surface area (Å²) in [5.41, 5.74) is -0.0489. The Morgan fingerprint density at radius 3 is 1.50 bits per heavy atom. The molecule has 0 aliphatic heterocycles. The Balaban J connectivity index is 3.31. The lowest BCUT2D eigenvalue weighted by Gasteiger charge is -2.58. The second-order valence-electron chi connectivity index (χ2n) is 5.83. The van der Waals surface area contributed by atoms with Crippen molar-refractivity contribution in [2.24, 2.45) is 10.8 Å². The van der Waals surface area contributed by atoms with E-state index in [0.717, 1.165) is 32.1 Å². The van der Waals surface area contributed by atoms with Crippen molar-refractivity contribution in [2.75, 3.05) is 0 Å². The van der Waals surface area contributed by atoms with Gasteiger partial charge in [0, 0.05) is 5.41 Å². The van der Waals surface area contributed by atoms with Crippen LogP contribution in [0, 0.1) is 10.8 Å². The summed E-state index contributed by atoms with van der Waals surface area (Å²) in [5, 5.41) is 0. The highest BCUT2D eigenvalue weighted by molar-refractivity contribution is 6.63. The molecule has 0 aromatic carbocycles. The molecule has 4 heteroatoms. The molecular weight excluding hydrogens is 310 g/mol. The molecule has 0 nitrogen and oxygen atoms in total. The van der Waals surface area contributed by atoms with Crippen molar-refractivity contribution in [3.05, 3.63) is 0 Å². The maximum absolute atomic E-state index is 6.63. The van der Waals surface area contributed by atoms with E-state index >= 15 is 0 Å². The first-order chi connectivity index (χ1) is 8.16. The van der Waals surface area contributed by atoms with Crippen molar-refractivity contribution in [2.45, 2.75) is 74.9 Å². The van der Waals surface area contributed by atoms with Crippen molar-refractivity contribution in [1.82, 2.24) is 0 Å². The van der Waals surface area contributed by atoms with Gasteiger partial charge in [0.1, 0.15) is 0 Å². The molecule has 1 saturated carbocycles. The molecule has 1 fully saturated rings. The molecule has 0 N–H and O–H groups in total. The second kappa shape index (κ2) is 5.51. The van der Waals surface area contributed by atoms with E-state index in [4.69, 9.17) is 46.4 Å². The molecule has 1 aliphatic rings. The molecule has 0 saturated heterocycles. The third kappa shape index (κ3) is 2.41. The van der Waals surface area contributed by atoms with Gasteiger partial charge in [-0.15, -0.1) is 0 Å². The molecule has 0 bridgehead atoms. The van der Waals surface area contributed by atoms with E-state index < -0.39 is 8.67 Å². The topological polar surface area (TPSA) is 0 Å². The van der Waals surface area contributed by atoms with Crippen molar-refractivity contribution in [3.63, 3.8) is 0 Å². The van der Waals surface area contributed by atoms with Crippen LogP contribution in [-0.2, 0) is 0 Å². The Morgan fingerprint density at radius 1 is 0.722 bits per heavy atom. The first-order valence-electron chi connectivity index (χ1n) is 6.91. The standard InChI is InChI=1S/C14H24Cl4/c1-5-11(6-2)9-12(7-3,8-4)14(17,18)13(15,16)10-11/h5-10H2,1-4H3. The van der Waals surface area contributed by atoms with Crippen molar-refractivity contribution < 1.29 is 0 Å². The molecule has 0 radical (unpaired) electrons. The first kappa shape index (κ1) is 17.2. The van der Waals surface area contributed by atoms with Crippen LogP contribution in [0.5, 0.6) is 0 Å². The Labute approximate surface area is 132 Å². The quantitative estimate of drug-likeness (QED) is 0.499. The zero-order chi connectivity index (χ0) is 14.2. The Bertz CT molecular complexity index is 288. The molecule has 0 spiro atoms. The van der Waals surface area contributed by atoms with E-state index in [1.54, 1.807) is 0 Å². The molecule has 108 valence electrons. The van der Waals surface area contributed by atoms with E-state index in [1.807, 2.05) is 0 Å². The summed E-state index contributed by atoms with van der Waals surface area (Å²) < 4.78 is -2.16. The first-order valence-corrected chi connectivity index (χ1v) is 8.42. The van der Waals surface area contributed by atoms with E-state index in [1.165, 1.54) is 0 Å². The van der Waals surface area contributed by atoms with Crippen LogP contribution in [0.25, 0.3) is 0 Å². The van der Waals surface area contributed by atoms with Gasteiger partial charge in [-0.05, 0) is 31.1 Å². The average Bonchev–Trinajstić information content (AvgIpc) is 2.33. The highest BCUT2D eigenvalue weighted by Crippen LogP contribution is 2.68. The third-order valence-corrected chi connectivity index (χ3v) is 7.96. The summed E-state index contributed by atoms with van der Waals surface area (Å²) in [6, 6.07) is 0. The summed E-state index contributed by atoms with van der Waals surface area (Å²) in [5.74, 6) is 0. The predicted molar refractivity (Wildman–Crippen MR) is 84.1 cm³/mol. The highest BCUT2D eigenvalue weighted by Gasteiger charge is 2.66. The smallest absolute Gasteiger partial charge is 0.0983 e. The highest BCUT2D eigenvalue weighted by atomic mass is 35.5. The number of hydrogen-bond acceptors (Lipinski definition) is 0. The summed E-state index contributed by atoms with van der Waals surface area (Å²) in [6.45, 7) is 8.68. The molecule has 18 heavy (non-hydrogen) atoms. The van der Waals surface area contributed by atoms with Gasteiger partial charge in [0.15, 0.2) is 8.67 Å². The molecule has 0 amide bonds. The van der Waals surface area contributed by atoms with Crippen LogP contribution < -0.4 is 0 Å². The predicted octanol–water partition coefficient (Wildman–Crippen LogP) is 6.74. The number of halogens is 4. The van der Waals surface area contributed by atoms with Crippen molar-refractivity contribution in [3.8, 4) is 0 Å². The van der Waals surface area contributed by atoms with Crippen LogP contribution in [0.1, 0.15) is 66.2 Å². The van der Waals surface area contributed by atoms with Crippen molar-refractivity contribution in [1.29, 1.82) is 0 Å². The molecule has 0 aromatic heterocycles. The summed E-state index contributed by atoms with van der Waals surface area (Å²) >= 11 is 26.4. The number of rotatable bonds is 4. The minimum Gasteiger partial charge on any atom is -0.0983 e. The zero-order valence-corrected chi connectivity index (χ0v) is 14.8. The van der Waals surface area contributed by atoms with E-state index in [0.29, 0.717) is 6.42 Å². The third-order valence-electron chi connectivity index (χ3n) is 5.29. The van der Waals surface area contributed by atoms with Gasteiger partial charge < -0.3 is 0 Å². The monoisotopic (exact) mass is 332 g/mol. The summed E-state index contributed by atoms with van der Waals surface area (Å²) in [4.78, 5) is 0. The average molecular weight is 334 g/mol. The van der Waals surface area contributed by atoms with Gasteiger partial charge in [0.05, 0.1) is 0 Å². The normalized spacial score (nSPS) is 28.0. The van der Waals surface area contributed by atoms with Gasteiger partial charge >= 0.3 is 0 Å². The molecule has 0 aromatic rings. The Hall–Kier alpha value is 1.16. The molecule has 1 aliphatic carbocycles. The van der Waals surface area contributed by atoms with Crippen LogP contribution in [0.4, 0.5) is 0 Å². The van der Waals surface area contributed by atoms with Crippen LogP contribution in [0.3, 0.4) is 0 Å². The Morgan fingerprint density at radius 2 is 1.17 bits per heavy atom. The summed E-state index contributed by atoms with van der Waals surface area (Å²) in [7, 11) is 0. The van der Waals surface area contributed by atoms with E-state index in [2.05, 4.69) is 27.7 Å². The van der Waals surface area contributed by atoms with Crippen LogP contribution in [-0.4, -0.2) is 8.67 Å². The lowest BCUT2D eigenvalue weighted by molar-refractivity contribution is 0.0269. The maximum atomic E-state index is 6.63. The maximum Gasteiger partial charge on any atom is 0.156 e. The van der Waals surface area contributed by atoms with Gasteiger partial charge in [0.2, 0.25) is 0 Å². The van der Waals surface area contributed by atoms with E-state index in [9.17, 15) is 0 Å². The SMILES string of the molecule is CCC1(CC)CC(Cl)(Cl)C(Cl)(Cl)C(CC)(CC)C1. The molecule has 0 unspecified atom stereocenters. The van der Waals surface area contributed by atoms with Gasteiger partial charge in [-0.3, -0.25) is 0 Å². The molecule has 0 heterocycles. The van der Waals surface area contributed by atoms with Crippen LogP contribution in [0.2, 0.25) is 0 Å².